The lowest BCUT2D eigenvalue weighted by atomic mass is 9.53. The highest BCUT2D eigenvalue weighted by Crippen LogP contribution is 2.55. The SMILES string of the molecule is Cc1ccc(C)c(OCCC(=O)NC23CC4CC(CC(C4)C2)C3)c1. The van der Waals surface area contributed by atoms with Gasteiger partial charge in [0, 0.05) is 5.54 Å². The summed E-state index contributed by atoms with van der Waals surface area (Å²) in [6.07, 6.45) is 8.31. The summed E-state index contributed by atoms with van der Waals surface area (Å²) in [4.78, 5) is 12.5. The second kappa shape index (κ2) is 6.09. The molecule has 1 N–H and O–H groups in total. The largest absolute Gasteiger partial charge is 0.493 e. The Balaban J connectivity index is 1.30. The summed E-state index contributed by atoms with van der Waals surface area (Å²) in [6.45, 7) is 4.57. The van der Waals surface area contributed by atoms with Crippen LogP contribution in [0.2, 0.25) is 0 Å². The van der Waals surface area contributed by atoms with Crippen molar-refractivity contribution in [2.45, 2.75) is 64.3 Å². The van der Waals surface area contributed by atoms with Gasteiger partial charge in [0.05, 0.1) is 13.0 Å². The van der Waals surface area contributed by atoms with Crippen molar-refractivity contribution in [3.05, 3.63) is 29.3 Å². The number of rotatable bonds is 5. The molecule has 3 heteroatoms. The van der Waals surface area contributed by atoms with Crippen LogP contribution in [0.1, 0.15) is 56.1 Å². The number of amides is 1. The molecule has 4 bridgehead atoms. The molecule has 0 unspecified atom stereocenters. The molecule has 4 aliphatic carbocycles. The van der Waals surface area contributed by atoms with Crippen LogP contribution in [0, 0.1) is 31.6 Å². The highest BCUT2D eigenvalue weighted by molar-refractivity contribution is 5.77. The summed E-state index contributed by atoms with van der Waals surface area (Å²) >= 11 is 0. The third-order valence-corrected chi connectivity index (χ3v) is 6.37. The van der Waals surface area contributed by atoms with Crippen molar-refractivity contribution >= 4 is 5.91 Å². The monoisotopic (exact) mass is 327 g/mol. The van der Waals surface area contributed by atoms with Crippen LogP contribution >= 0.6 is 0 Å². The van der Waals surface area contributed by atoms with E-state index >= 15 is 0 Å². The second-order valence-corrected chi connectivity index (χ2v) is 8.61. The molecule has 5 rings (SSSR count). The first kappa shape index (κ1) is 16.0. The van der Waals surface area contributed by atoms with E-state index in [0.717, 1.165) is 29.1 Å². The van der Waals surface area contributed by atoms with Crippen LogP contribution in [0.25, 0.3) is 0 Å². The van der Waals surface area contributed by atoms with E-state index in [4.69, 9.17) is 4.74 Å². The summed E-state index contributed by atoms with van der Waals surface area (Å²) < 4.78 is 5.85. The first-order chi connectivity index (χ1) is 11.5. The van der Waals surface area contributed by atoms with Crippen molar-refractivity contribution in [1.82, 2.24) is 5.32 Å². The Labute approximate surface area is 145 Å². The molecule has 0 spiro atoms. The maximum absolute atomic E-state index is 12.5. The lowest BCUT2D eigenvalue weighted by Gasteiger charge is -2.56. The minimum Gasteiger partial charge on any atom is -0.493 e. The van der Waals surface area contributed by atoms with Crippen molar-refractivity contribution in [2.24, 2.45) is 17.8 Å². The third kappa shape index (κ3) is 3.18. The molecule has 1 aromatic rings. The number of nitrogens with one attached hydrogen (secondary N) is 1. The average Bonchev–Trinajstić information content (AvgIpc) is 2.48. The predicted octanol–water partition coefficient (Wildman–Crippen LogP) is 4.16. The fraction of sp³-hybridized carbons (Fsp3) is 0.667. The van der Waals surface area contributed by atoms with Crippen molar-refractivity contribution in [1.29, 1.82) is 0 Å². The molecule has 24 heavy (non-hydrogen) atoms. The topological polar surface area (TPSA) is 38.3 Å². The number of carbonyl (C=O) groups excluding carboxylic acids is 1. The van der Waals surface area contributed by atoms with Crippen LogP contribution in [0.15, 0.2) is 18.2 Å². The van der Waals surface area contributed by atoms with Gasteiger partial charge >= 0.3 is 0 Å². The van der Waals surface area contributed by atoms with Crippen molar-refractivity contribution in [3.63, 3.8) is 0 Å². The van der Waals surface area contributed by atoms with Gasteiger partial charge in [-0.25, -0.2) is 0 Å². The molecule has 4 aliphatic rings. The molecule has 4 saturated carbocycles. The number of ether oxygens (including phenoxy) is 1. The Morgan fingerprint density at radius 2 is 1.75 bits per heavy atom. The minimum atomic E-state index is 0.116. The maximum Gasteiger partial charge on any atom is 0.223 e. The van der Waals surface area contributed by atoms with Gasteiger partial charge in [-0.15, -0.1) is 0 Å². The van der Waals surface area contributed by atoms with Gasteiger partial charge < -0.3 is 10.1 Å². The molecular formula is C21H29NO2. The van der Waals surface area contributed by atoms with Crippen LogP contribution in [0.3, 0.4) is 0 Å². The van der Waals surface area contributed by atoms with Crippen LogP contribution < -0.4 is 10.1 Å². The van der Waals surface area contributed by atoms with E-state index in [1.807, 2.05) is 13.0 Å². The number of aryl methyl sites for hydroxylation is 2. The van der Waals surface area contributed by atoms with Gasteiger partial charge in [0.1, 0.15) is 5.75 Å². The molecule has 0 saturated heterocycles. The van der Waals surface area contributed by atoms with Crippen LogP contribution in [0.5, 0.6) is 5.75 Å². The number of carbonyl (C=O) groups is 1. The van der Waals surface area contributed by atoms with Crippen LogP contribution in [-0.2, 0) is 4.79 Å². The van der Waals surface area contributed by atoms with E-state index in [1.165, 1.54) is 44.1 Å². The fourth-order valence-electron chi connectivity index (χ4n) is 5.74. The first-order valence-corrected chi connectivity index (χ1v) is 9.52. The molecule has 0 heterocycles. The average molecular weight is 327 g/mol. The van der Waals surface area contributed by atoms with Crippen molar-refractivity contribution in [2.75, 3.05) is 6.61 Å². The Hall–Kier alpha value is -1.51. The molecule has 1 aromatic carbocycles. The van der Waals surface area contributed by atoms with E-state index in [2.05, 4.69) is 24.4 Å². The molecule has 0 radical (unpaired) electrons. The van der Waals surface area contributed by atoms with Gasteiger partial charge in [0.25, 0.3) is 0 Å². The number of hydrogen-bond acceptors (Lipinski definition) is 2. The summed E-state index contributed by atoms with van der Waals surface area (Å²) in [6, 6.07) is 6.20. The first-order valence-electron chi connectivity index (χ1n) is 9.52. The highest BCUT2D eigenvalue weighted by atomic mass is 16.5. The smallest absolute Gasteiger partial charge is 0.223 e. The molecule has 0 atom stereocenters. The highest BCUT2D eigenvalue weighted by Gasteiger charge is 2.51. The normalized spacial score (nSPS) is 33.5. The van der Waals surface area contributed by atoms with Crippen molar-refractivity contribution in [3.8, 4) is 5.75 Å². The van der Waals surface area contributed by atoms with Gasteiger partial charge in [0.2, 0.25) is 5.91 Å². The quantitative estimate of drug-likeness (QED) is 0.882. The summed E-state index contributed by atoms with van der Waals surface area (Å²) in [5, 5.41) is 3.42. The fourth-order valence-corrected chi connectivity index (χ4v) is 5.74. The molecule has 130 valence electrons. The molecule has 1 amide bonds. The predicted molar refractivity (Wildman–Crippen MR) is 95.1 cm³/mol. The van der Waals surface area contributed by atoms with Gasteiger partial charge in [-0.3, -0.25) is 4.79 Å². The van der Waals surface area contributed by atoms with E-state index in [-0.39, 0.29) is 11.4 Å². The molecular weight excluding hydrogens is 298 g/mol. The zero-order valence-electron chi connectivity index (χ0n) is 14.9. The number of benzene rings is 1. The summed E-state index contributed by atoms with van der Waals surface area (Å²) in [7, 11) is 0. The lowest BCUT2D eigenvalue weighted by Crippen LogP contribution is -2.59. The van der Waals surface area contributed by atoms with E-state index < -0.39 is 0 Å². The zero-order chi connectivity index (χ0) is 16.7. The zero-order valence-corrected chi connectivity index (χ0v) is 14.9. The minimum absolute atomic E-state index is 0.116. The third-order valence-electron chi connectivity index (χ3n) is 6.37. The molecule has 4 fully saturated rings. The Morgan fingerprint density at radius 3 is 2.38 bits per heavy atom. The van der Waals surface area contributed by atoms with Gasteiger partial charge in [-0.1, -0.05) is 12.1 Å². The summed E-state index contributed by atoms with van der Waals surface area (Å²) in [5.41, 5.74) is 2.43. The Morgan fingerprint density at radius 1 is 1.12 bits per heavy atom. The van der Waals surface area contributed by atoms with Gasteiger partial charge in [-0.2, -0.15) is 0 Å². The molecule has 0 aromatic heterocycles. The standard InChI is InChI=1S/C21H29NO2/c1-14-3-4-15(2)19(7-14)24-6-5-20(23)22-21-11-16-8-17(12-21)10-18(9-16)13-21/h3-4,7,16-18H,5-6,8-13H2,1-2H3,(H,22,23). The second-order valence-electron chi connectivity index (χ2n) is 8.61. The Bertz CT molecular complexity index is 601. The van der Waals surface area contributed by atoms with Gasteiger partial charge in [0.15, 0.2) is 0 Å². The summed E-state index contributed by atoms with van der Waals surface area (Å²) in [5.74, 6) is 3.66. The van der Waals surface area contributed by atoms with Crippen LogP contribution in [0.4, 0.5) is 0 Å². The van der Waals surface area contributed by atoms with Crippen LogP contribution in [-0.4, -0.2) is 18.1 Å². The maximum atomic E-state index is 12.5. The van der Waals surface area contributed by atoms with Gasteiger partial charge in [-0.05, 0) is 87.3 Å². The molecule has 3 nitrogen and oxygen atoms in total. The Kier molecular flexibility index (Phi) is 4.06. The number of hydrogen-bond donors (Lipinski definition) is 1. The van der Waals surface area contributed by atoms with E-state index in [0.29, 0.717) is 13.0 Å². The van der Waals surface area contributed by atoms with Crippen molar-refractivity contribution < 1.29 is 9.53 Å². The lowest BCUT2D eigenvalue weighted by molar-refractivity contribution is -0.127. The van der Waals surface area contributed by atoms with E-state index in [1.54, 1.807) is 0 Å². The molecule has 0 aliphatic heterocycles. The van der Waals surface area contributed by atoms with E-state index in [9.17, 15) is 4.79 Å².